The van der Waals surface area contributed by atoms with Crippen LogP contribution in [0.4, 0.5) is 0 Å². The summed E-state index contributed by atoms with van der Waals surface area (Å²) in [7, 11) is 0. The largest absolute Gasteiger partial charge is 0.465 e. The second-order valence-electron chi connectivity index (χ2n) is 5.55. The van der Waals surface area contributed by atoms with Crippen molar-refractivity contribution in [2.45, 2.75) is 39.7 Å². The third-order valence-electron chi connectivity index (χ3n) is 3.47. The molecule has 0 unspecified atom stereocenters. The summed E-state index contributed by atoms with van der Waals surface area (Å²) in [6.07, 6.45) is 6.32. The molecular weight excluding hydrogens is 270 g/mol. The molecule has 1 aliphatic carbocycles. The van der Waals surface area contributed by atoms with Crippen molar-refractivity contribution in [3.8, 4) is 0 Å². The van der Waals surface area contributed by atoms with Gasteiger partial charge in [-0.15, -0.1) is 0 Å². The molecule has 1 fully saturated rings. The number of nitrogens with zero attached hydrogens (tertiary/aromatic N) is 3. The molecule has 0 aliphatic heterocycles. The first kappa shape index (κ1) is 15.5. The molecule has 1 aliphatic rings. The zero-order valence-electron chi connectivity index (χ0n) is 12.7. The first-order chi connectivity index (χ1) is 10.1. The summed E-state index contributed by atoms with van der Waals surface area (Å²) in [4.78, 5) is 25.5. The Bertz CT molecular complexity index is 494. The molecule has 0 aromatic carbocycles. The van der Waals surface area contributed by atoms with E-state index in [1.54, 1.807) is 22.7 Å². The molecule has 1 saturated carbocycles. The van der Waals surface area contributed by atoms with E-state index in [0.29, 0.717) is 32.0 Å². The Morgan fingerprint density at radius 2 is 2.24 bits per heavy atom. The molecule has 6 heteroatoms. The lowest BCUT2D eigenvalue weighted by molar-refractivity contribution is -0.149. The standard InChI is InChI=1S/C15H23N3O3/c1-3-21-15(20)11-17(10-13-4-5-13)14(19)6-7-18-9-12(2)8-16-18/h8-9,13H,3-7,10-11H2,1-2H3. The van der Waals surface area contributed by atoms with Gasteiger partial charge in [-0.25, -0.2) is 0 Å². The second kappa shape index (κ2) is 7.24. The van der Waals surface area contributed by atoms with Crippen LogP contribution in [0, 0.1) is 12.8 Å². The maximum absolute atomic E-state index is 12.3. The summed E-state index contributed by atoms with van der Waals surface area (Å²) in [6.45, 7) is 5.33. The van der Waals surface area contributed by atoms with Crippen LogP contribution in [-0.4, -0.2) is 46.3 Å². The van der Waals surface area contributed by atoms with Gasteiger partial charge < -0.3 is 9.64 Å². The number of carbonyl (C=O) groups excluding carboxylic acids is 2. The fourth-order valence-corrected chi connectivity index (χ4v) is 2.19. The highest BCUT2D eigenvalue weighted by atomic mass is 16.5. The van der Waals surface area contributed by atoms with Crippen LogP contribution in [0.2, 0.25) is 0 Å². The molecule has 0 bridgehead atoms. The minimum Gasteiger partial charge on any atom is -0.465 e. The van der Waals surface area contributed by atoms with E-state index in [4.69, 9.17) is 4.74 Å². The predicted molar refractivity (Wildman–Crippen MR) is 77.5 cm³/mol. The van der Waals surface area contributed by atoms with E-state index in [1.165, 1.54) is 0 Å². The number of aryl methyl sites for hydroxylation is 2. The maximum Gasteiger partial charge on any atom is 0.325 e. The number of carbonyl (C=O) groups is 2. The normalized spacial score (nSPS) is 14.0. The molecule has 1 aromatic rings. The molecule has 0 atom stereocenters. The molecule has 1 amide bonds. The monoisotopic (exact) mass is 293 g/mol. The van der Waals surface area contributed by atoms with Crippen molar-refractivity contribution >= 4 is 11.9 Å². The van der Waals surface area contributed by atoms with Crippen LogP contribution in [0.25, 0.3) is 0 Å². The number of amides is 1. The molecule has 0 N–H and O–H groups in total. The Balaban J connectivity index is 1.85. The van der Waals surface area contributed by atoms with E-state index in [2.05, 4.69) is 5.10 Å². The van der Waals surface area contributed by atoms with Crippen molar-refractivity contribution in [2.24, 2.45) is 5.92 Å². The summed E-state index contributed by atoms with van der Waals surface area (Å²) >= 11 is 0. The third-order valence-corrected chi connectivity index (χ3v) is 3.47. The third kappa shape index (κ3) is 5.21. The zero-order chi connectivity index (χ0) is 15.2. The van der Waals surface area contributed by atoms with Gasteiger partial charge >= 0.3 is 5.97 Å². The zero-order valence-corrected chi connectivity index (χ0v) is 12.7. The number of aromatic nitrogens is 2. The van der Waals surface area contributed by atoms with E-state index in [0.717, 1.165) is 18.4 Å². The Labute approximate surface area is 125 Å². The molecule has 6 nitrogen and oxygen atoms in total. The van der Waals surface area contributed by atoms with Crippen LogP contribution in [0.5, 0.6) is 0 Å². The van der Waals surface area contributed by atoms with Gasteiger partial charge in [-0.05, 0) is 38.2 Å². The molecule has 1 heterocycles. The van der Waals surface area contributed by atoms with Gasteiger partial charge in [0.15, 0.2) is 0 Å². The molecule has 0 saturated heterocycles. The van der Waals surface area contributed by atoms with Crippen molar-refractivity contribution in [3.05, 3.63) is 18.0 Å². The number of rotatable bonds is 8. The van der Waals surface area contributed by atoms with Gasteiger partial charge in [-0.1, -0.05) is 0 Å². The van der Waals surface area contributed by atoms with E-state index in [9.17, 15) is 9.59 Å². The molecule has 116 valence electrons. The lowest BCUT2D eigenvalue weighted by atomic mass is 10.3. The minimum absolute atomic E-state index is 0.0110. The lowest BCUT2D eigenvalue weighted by Crippen LogP contribution is -2.38. The van der Waals surface area contributed by atoms with Gasteiger partial charge in [0.1, 0.15) is 6.54 Å². The van der Waals surface area contributed by atoms with Crippen molar-refractivity contribution in [1.29, 1.82) is 0 Å². The van der Waals surface area contributed by atoms with Crippen molar-refractivity contribution in [3.63, 3.8) is 0 Å². The highest BCUT2D eigenvalue weighted by molar-refractivity contribution is 5.82. The van der Waals surface area contributed by atoms with Gasteiger partial charge in [-0.3, -0.25) is 14.3 Å². The molecule has 1 aromatic heterocycles. The van der Waals surface area contributed by atoms with E-state index in [1.807, 2.05) is 13.1 Å². The quantitative estimate of drug-likeness (QED) is 0.679. The van der Waals surface area contributed by atoms with Crippen LogP contribution >= 0.6 is 0 Å². The predicted octanol–water partition coefficient (Wildman–Crippen LogP) is 1.38. The fraction of sp³-hybridized carbons (Fsp3) is 0.667. The van der Waals surface area contributed by atoms with Gasteiger partial charge in [0.25, 0.3) is 0 Å². The van der Waals surface area contributed by atoms with Crippen molar-refractivity contribution < 1.29 is 14.3 Å². The Hall–Kier alpha value is -1.85. The van der Waals surface area contributed by atoms with Gasteiger partial charge in [0.2, 0.25) is 5.91 Å². The highest BCUT2D eigenvalue weighted by Gasteiger charge is 2.28. The first-order valence-electron chi connectivity index (χ1n) is 7.51. The number of esters is 1. The average Bonchev–Trinajstić information content (AvgIpc) is 3.16. The van der Waals surface area contributed by atoms with E-state index < -0.39 is 0 Å². The Morgan fingerprint density at radius 1 is 1.48 bits per heavy atom. The van der Waals surface area contributed by atoms with E-state index >= 15 is 0 Å². The highest BCUT2D eigenvalue weighted by Crippen LogP contribution is 2.29. The van der Waals surface area contributed by atoms with Gasteiger partial charge in [0.05, 0.1) is 12.8 Å². The Kier molecular flexibility index (Phi) is 5.36. The number of hydrogen-bond acceptors (Lipinski definition) is 4. The van der Waals surface area contributed by atoms with Gasteiger partial charge in [-0.2, -0.15) is 5.10 Å². The van der Waals surface area contributed by atoms with Crippen LogP contribution in [0.1, 0.15) is 31.7 Å². The number of hydrogen-bond donors (Lipinski definition) is 0. The smallest absolute Gasteiger partial charge is 0.325 e. The topological polar surface area (TPSA) is 64.4 Å². The summed E-state index contributed by atoms with van der Waals surface area (Å²) in [5.74, 6) is 0.208. The van der Waals surface area contributed by atoms with Crippen LogP contribution in [-0.2, 0) is 20.9 Å². The number of ether oxygens (including phenoxy) is 1. The van der Waals surface area contributed by atoms with Crippen LogP contribution in [0.15, 0.2) is 12.4 Å². The van der Waals surface area contributed by atoms with Crippen LogP contribution in [0.3, 0.4) is 0 Å². The molecule has 0 spiro atoms. The van der Waals surface area contributed by atoms with Gasteiger partial charge in [0, 0.05) is 25.7 Å². The van der Waals surface area contributed by atoms with Crippen molar-refractivity contribution in [1.82, 2.24) is 14.7 Å². The molecule has 21 heavy (non-hydrogen) atoms. The molecule has 2 rings (SSSR count). The minimum atomic E-state index is -0.332. The molecule has 0 radical (unpaired) electrons. The van der Waals surface area contributed by atoms with Crippen molar-refractivity contribution in [2.75, 3.05) is 19.7 Å². The SMILES string of the molecule is CCOC(=O)CN(CC1CC1)C(=O)CCn1cc(C)cn1. The average molecular weight is 293 g/mol. The molecular formula is C15H23N3O3. The Morgan fingerprint density at radius 3 is 2.81 bits per heavy atom. The lowest BCUT2D eigenvalue weighted by Gasteiger charge is -2.21. The second-order valence-corrected chi connectivity index (χ2v) is 5.55. The summed E-state index contributed by atoms with van der Waals surface area (Å²) < 4.78 is 6.70. The summed E-state index contributed by atoms with van der Waals surface area (Å²) in [5.41, 5.74) is 1.07. The van der Waals surface area contributed by atoms with E-state index in [-0.39, 0.29) is 18.4 Å². The fourth-order valence-electron chi connectivity index (χ4n) is 2.19. The summed E-state index contributed by atoms with van der Waals surface area (Å²) in [5, 5.41) is 4.17. The van der Waals surface area contributed by atoms with Crippen LogP contribution < -0.4 is 0 Å². The summed E-state index contributed by atoms with van der Waals surface area (Å²) in [6, 6.07) is 0. The first-order valence-corrected chi connectivity index (χ1v) is 7.51. The maximum atomic E-state index is 12.3.